The molecule has 1 unspecified atom stereocenters. The molecule has 102 valence electrons. The van der Waals surface area contributed by atoms with E-state index < -0.39 is 6.10 Å². The van der Waals surface area contributed by atoms with Crippen LogP contribution in [0.4, 0.5) is 0 Å². The van der Waals surface area contributed by atoms with Gasteiger partial charge in [-0.2, -0.15) is 0 Å². The van der Waals surface area contributed by atoms with Crippen LogP contribution in [0.2, 0.25) is 5.02 Å². The molecule has 2 N–H and O–H groups in total. The Kier molecular flexibility index (Phi) is 4.09. The Morgan fingerprint density at radius 3 is 2.79 bits per heavy atom. The van der Waals surface area contributed by atoms with Crippen LogP contribution in [0.1, 0.15) is 26.3 Å². The molecule has 0 bridgehead atoms. The molecule has 0 aliphatic rings. The molecule has 4 heteroatoms. The number of hydrogen-bond acceptors (Lipinski definition) is 3. The van der Waals surface area contributed by atoms with Gasteiger partial charge in [0.25, 0.3) is 0 Å². The van der Waals surface area contributed by atoms with Crippen LogP contribution >= 0.6 is 11.6 Å². The zero-order chi connectivity index (χ0) is 14.0. The van der Waals surface area contributed by atoms with Gasteiger partial charge in [0.15, 0.2) is 0 Å². The van der Waals surface area contributed by atoms with Crippen molar-refractivity contribution in [2.24, 2.45) is 0 Å². The molecule has 0 radical (unpaired) electrons. The average Bonchev–Trinajstić information content (AvgIpc) is 2.38. The number of nitrogens with one attached hydrogen (secondary N) is 1. The zero-order valence-corrected chi connectivity index (χ0v) is 12.2. The van der Waals surface area contributed by atoms with Crippen molar-refractivity contribution in [3.8, 4) is 0 Å². The Morgan fingerprint density at radius 2 is 2.11 bits per heavy atom. The fraction of sp³-hybridized carbons (Fsp3) is 0.400. The Morgan fingerprint density at radius 1 is 1.37 bits per heavy atom. The predicted molar refractivity (Wildman–Crippen MR) is 79.4 cm³/mol. The highest BCUT2D eigenvalue weighted by Crippen LogP contribution is 2.25. The molecule has 19 heavy (non-hydrogen) atoms. The second-order valence-electron chi connectivity index (χ2n) is 5.36. The van der Waals surface area contributed by atoms with Gasteiger partial charge in [-0.3, -0.25) is 4.98 Å². The van der Waals surface area contributed by atoms with E-state index in [1.807, 2.05) is 38.1 Å². The van der Waals surface area contributed by atoms with E-state index in [0.717, 1.165) is 16.5 Å². The highest BCUT2D eigenvalue weighted by molar-refractivity contribution is 6.35. The maximum absolute atomic E-state index is 9.72. The van der Waals surface area contributed by atoms with Gasteiger partial charge in [-0.05, 0) is 44.5 Å². The molecule has 1 aromatic heterocycles. The maximum Gasteiger partial charge on any atom is 0.0761 e. The van der Waals surface area contributed by atoms with Crippen LogP contribution in [0.5, 0.6) is 0 Å². The zero-order valence-electron chi connectivity index (χ0n) is 11.4. The van der Waals surface area contributed by atoms with E-state index in [1.165, 1.54) is 0 Å². The van der Waals surface area contributed by atoms with Crippen LogP contribution in [0.25, 0.3) is 10.9 Å². The van der Waals surface area contributed by atoms with Crippen LogP contribution in [-0.2, 0) is 6.54 Å². The van der Waals surface area contributed by atoms with Crippen molar-refractivity contribution in [1.29, 1.82) is 0 Å². The molecule has 0 aliphatic heterocycles. The van der Waals surface area contributed by atoms with Gasteiger partial charge < -0.3 is 10.4 Å². The van der Waals surface area contributed by atoms with Crippen molar-refractivity contribution < 1.29 is 5.11 Å². The number of fused-ring (bicyclic) bond motifs is 1. The number of hydrogen-bond donors (Lipinski definition) is 2. The predicted octanol–water partition coefficient (Wildman–Crippen LogP) is 3.14. The fourth-order valence-corrected chi connectivity index (χ4v) is 2.03. The van der Waals surface area contributed by atoms with Crippen LogP contribution < -0.4 is 5.32 Å². The first-order valence-electron chi connectivity index (χ1n) is 6.37. The third-order valence-electron chi connectivity index (χ3n) is 3.58. The summed E-state index contributed by atoms with van der Waals surface area (Å²) >= 11 is 6.17. The van der Waals surface area contributed by atoms with Crippen molar-refractivity contribution >= 4 is 22.5 Å². The Labute approximate surface area is 118 Å². The molecule has 3 nitrogen and oxygen atoms in total. The largest absolute Gasteiger partial charge is 0.392 e. The molecule has 0 spiro atoms. The molecule has 2 rings (SSSR count). The fourth-order valence-electron chi connectivity index (χ4n) is 1.81. The molecule has 2 aromatic rings. The van der Waals surface area contributed by atoms with E-state index in [2.05, 4.69) is 10.3 Å². The summed E-state index contributed by atoms with van der Waals surface area (Å²) in [4.78, 5) is 4.40. The number of halogens is 1. The summed E-state index contributed by atoms with van der Waals surface area (Å²) in [6.45, 7) is 6.38. The third kappa shape index (κ3) is 3.06. The number of nitrogens with zero attached hydrogens (tertiary/aromatic N) is 1. The van der Waals surface area contributed by atoms with E-state index in [9.17, 15) is 5.11 Å². The standard InChI is InChI=1S/C15H19ClN2O/c1-10(19)15(2,3)18-9-11-6-7-13(16)12-5-4-8-17-14(11)12/h4-8,10,18-19H,9H2,1-3H3. The molecule has 0 saturated carbocycles. The topological polar surface area (TPSA) is 45.1 Å². The van der Waals surface area contributed by atoms with Crippen LogP contribution in [0, 0.1) is 0 Å². The summed E-state index contributed by atoms with van der Waals surface area (Å²) in [5, 5.41) is 14.7. The highest BCUT2D eigenvalue weighted by Gasteiger charge is 2.23. The van der Waals surface area contributed by atoms with Gasteiger partial charge in [0.2, 0.25) is 0 Å². The molecular formula is C15H19ClN2O. The minimum atomic E-state index is -0.431. The van der Waals surface area contributed by atoms with Gasteiger partial charge in [0.05, 0.1) is 11.6 Å². The number of benzene rings is 1. The second-order valence-corrected chi connectivity index (χ2v) is 5.76. The summed E-state index contributed by atoms with van der Waals surface area (Å²) < 4.78 is 0. The second kappa shape index (κ2) is 5.45. The lowest BCUT2D eigenvalue weighted by Gasteiger charge is -2.29. The Bertz CT molecular complexity index is 581. The summed E-state index contributed by atoms with van der Waals surface area (Å²) in [5.41, 5.74) is 1.64. The van der Waals surface area contributed by atoms with Crippen LogP contribution in [0.15, 0.2) is 30.5 Å². The lowest BCUT2D eigenvalue weighted by molar-refractivity contribution is 0.0957. The lowest BCUT2D eigenvalue weighted by Crippen LogP contribution is -2.47. The summed E-state index contributed by atoms with van der Waals surface area (Å²) in [6.07, 6.45) is 1.33. The molecule has 1 heterocycles. The van der Waals surface area contributed by atoms with E-state index >= 15 is 0 Å². The number of aliphatic hydroxyl groups excluding tert-OH is 1. The molecule has 1 aromatic carbocycles. The van der Waals surface area contributed by atoms with Gasteiger partial charge in [-0.25, -0.2) is 0 Å². The SMILES string of the molecule is CC(O)C(C)(C)NCc1ccc(Cl)c2cccnc12. The third-order valence-corrected chi connectivity index (χ3v) is 3.91. The Hall–Kier alpha value is -1.16. The van der Waals surface area contributed by atoms with Crippen LogP contribution in [0.3, 0.4) is 0 Å². The average molecular weight is 279 g/mol. The van der Waals surface area contributed by atoms with E-state index in [1.54, 1.807) is 13.1 Å². The molecular weight excluding hydrogens is 260 g/mol. The first kappa shape index (κ1) is 14.3. The number of aliphatic hydroxyl groups is 1. The number of aromatic nitrogens is 1. The summed E-state index contributed by atoms with van der Waals surface area (Å²) in [6, 6.07) is 7.71. The highest BCUT2D eigenvalue weighted by atomic mass is 35.5. The lowest BCUT2D eigenvalue weighted by atomic mass is 9.98. The maximum atomic E-state index is 9.72. The van der Waals surface area contributed by atoms with E-state index in [-0.39, 0.29) is 5.54 Å². The smallest absolute Gasteiger partial charge is 0.0761 e. The van der Waals surface area contributed by atoms with Gasteiger partial charge in [0.1, 0.15) is 0 Å². The summed E-state index contributed by atoms with van der Waals surface area (Å²) in [7, 11) is 0. The van der Waals surface area contributed by atoms with Crippen LogP contribution in [-0.4, -0.2) is 21.7 Å². The first-order chi connectivity index (χ1) is 8.92. The normalized spacial score (nSPS) is 13.7. The van der Waals surface area contributed by atoms with Gasteiger partial charge in [0, 0.05) is 28.7 Å². The van der Waals surface area contributed by atoms with Crippen molar-refractivity contribution in [2.45, 2.75) is 39.0 Å². The minimum absolute atomic E-state index is 0.346. The van der Waals surface area contributed by atoms with Crippen molar-refractivity contribution in [3.63, 3.8) is 0 Å². The number of rotatable bonds is 4. The molecule has 0 amide bonds. The van der Waals surface area contributed by atoms with Crippen molar-refractivity contribution in [3.05, 3.63) is 41.0 Å². The quantitative estimate of drug-likeness (QED) is 0.903. The van der Waals surface area contributed by atoms with Gasteiger partial charge >= 0.3 is 0 Å². The first-order valence-corrected chi connectivity index (χ1v) is 6.75. The minimum Gasteiger partial charge on any atom is -0.392 e. The van der Waals surface area contributed by atoms with E-state index in [0.29, 0.717) is 11.6 Å². The summed E-state index contributed by atoms with van der Waals surface area (Å²) in [5.74, 6) is 0. The molecule has 0 saturated heterocycles. The van der Waals surface area contributed by atoms with Gasteiger partial charge in [-0.1, -0.05) is 17.7 Å². The van der Waals surface area contributed by atoms with Crippen molar-refractivity contribution in [2.75, 3.05) is 0 Å². The van der Waals surface area contributed by atoms with Gasteiger partial charge in [-0.15, -0.1) is 0 Å². The monoisotopic (exact) mass is 278 g/mol. The molecule has 0 aliphatic carbocycles. The van der Waals surface area contributed by atoms with E-state index in [4.69, 9.17) is 11.6 Å². The molecule has 0 fully saturated rings. The molecule has 1 atom stereocenters. The van der Waals surface area contributed by atoms with Crippen molar-refractivity contribution in [1.82, 2.24) is 10.3 Å². The Balaban J connectivity index is 2.29. The number of pyridine rings is 1.